The summed E-state index contributed by atoms with van der Waals surface area (Å²) in [5, 5.41) is 9.04. The second-order valence-electron chi connectivity index (χ2n) is 4.49. The van der Waals surface area contributed by atoms with Gasteiger partial charge in [0.05, 0.1) is 11.7 Å². The van der Waals surface area contributed by atoms with Gasteiger partial charge in [-0.2, -0.15) is 5.26 Å². The van der Waals surface area contributed by atoms with Crippen molar-refractivity contribution in [2.45, 2.75) is 19.9 Å². The highest BCUT2D eigenvalue weighted by molar-refractivity contribution is 5.45. The first-order valence-corrected chi connectivity index (χ1v) is 6.15. The van der Waals surface area contributed by atoms with Crippen LogP contribution in [0.15, 0.2) is 36.5 Å². The van der Waals surface area contributed by atoms with E-state index in [4.69, 9.17) is 5.26 Å². The zero-order chi connectivity index (χ0) is 13.8. The van der Waals surface area contributed by atoms with E-state index in [1.165, 1.54) is 0 Å². The molecule has 19 heavy (non-hydrogen) atoms. The quantitative estimate of drug-likeness (QED) is 0.842. The van der Waals surface area contributed by atoms with E-state index in [-0.39, 0.29) is 6.04 Å². The summed E-state index contributed by atoms with van der Waals surface area (Å²) < 4.78 is 0. The zero-order valence-corrected chi connectivity index (χ0v) is 11.3. The van der Waals surface area contributed by atoms with Gasteiger partial charge in [0.15, 0.2) is 0 Å². The van der Waals surface area contributed by atoms with Crippen LogP contribution >= 0.6 is 0 Å². The summed E-state index contributed by atoms with van der Waals surface area (Å²) in [6, 6.07) is 11.9. The molecule has 0 aromatic carbocycles. The smallest absolute Gasteiger partial charge is 0.145 e. The van der Waals surface area contributed by atoms with Crippen LogP contribution in [-0.4, -0.2) is 17.0 Å². The number of hydrogen-bond acceptors (Lipinski definition) is 4. The molecular formula is C15H16N4. The molecule has 0 aliphatic heterocycles. The number of pyridine rings is 2. The predicted octanol–water partition coefficient (Wildman–Crippen LogP) is 2.85. The predicted molar refractivity (Wildman–Crippen MR) is 74.7 cm³/mol. The molecule has 0 saturated heterocycles. The number of nitrogens with zero attached hydrogens (tertiary/aromatic N) is 4. The minimum Gasteiger partial charge on any atom is -0.351 e. The fourth-order valence-corrected chi connectivity index (χ4v) is 1.85. The largest absolute Gasteiger partial charge is 0.351 e. The van der Waals surface area contributed by atoms with Gasteiger partial charge in [-0.1, -0.05) is 12.1 Å². The van der Waals surface area contributed by atoms with Crippen molar-refractivity contribution >= 4 is 5.82 Å². The number of anilines is 1. The second-order valence-corrected chi connectivity index (χ2v) is 4.49. The molecule has 0 bridgehead atoms. The number of nitriles is 1. The SMILES string of the molecule is Cc1ccc(N(C)C(C)c2ccccn2)nc1C#N. The molecule has 96 valence electrons. The molecule has 0 aliphatic carbocycles. The van der Waals surface area contributed by atoms with Gasteiger partial charge in [-0.05, 0) is 37.6 Å². The summed E-state index contributed by atoms with van der Waals surface area (Å²) >= 11 is 0. The first-order valence-electron chi connectivity index (χ1n) is 6.15. The highest BCUT2D eigenvalue weighted by atomic mass is 15.2. The monoisotopic (exact) mass is 252 g/mol. The average molecular weight is 252 g/mol. The Morgan fingerprint density at radius 3 is 2.68 bits per heavy atom. The molecule has 1 atom stereocenters. The van der Waals surface area contributed by atoms with E-state index in [1.807, 2.05) is 49.2 Å². The van der Waals surface area contributed by atoms with Crippen LogP contribution in [0.3, 0.4) is 0 Å². The molecule has 0 amide bonds. The van der Waals surface area contributed by atoms with E-state index in [1.54, 1.807) is 6.20 Å². The van der Waals surface area contributed by atoms with Gasteiger partial charge >= 0.3 is 0 Å². The minimum absolute atomic E-state index is 0.1000. The van der Waals surface area contributed by atoms with Gasteiger partial charge in [0.2, 0.25) is 0 Å². The molecule has 2 heterocycles. The molecular weight excluding hydrogens is 236 g/mol. The molecule has 4 heteroatoms. The van der Waals surface area contributed by atoms with Gasteiger partial charge in [-0.3, -0.25) is 4.98 Å². The Morgan fingerprint density at radius 2 is 2.05 bits per heavy atom. The number of hydrogen-bond donors (Lipinski definition) is 0. The normalized spacial score (nSPS) is 11.7. The lowest BCUT2D eigenvalue weighted by Gasteiger charge is -2.25. The summed E-state index contributed by atoms with van der Waals surface area (Å²) in [4.78, 5) is 10.7. The fraction of sp³-hybridized carbons (Fsp3) is 0.267. The van der Waals surface area contributed by atoms with Crippen molar-refractivity contribution in [1.82, 2.24) is 9.97 Å². The third-order valence-corrected chi connectivity index (χ3v) is 3.25. The lowest BCUT2D eigenvalue weighted by atomic mass is 10.1. The van der Waals surface area contributed by atoms with E-state index in [2.05, 4.69) is 23.0 Å². The molecule has 0 spiro atoms. The van der Waals surface area contributed by atoms with Gasteiger partial charge in [-0.15, -0.1) is 0 Å². The average Bonchev–Trinajstić information content (AvgIpc) is 2.47. The molecule has 0 N–H and O–H groups in total. The highest BCUT2D eigenvalue weighted by Crippen LogP contribution is 2.23. The Kier molecular flexibility index (Phi) is 3.76. The van der Waals surface area contributed by atoms with Crippen molar-refractivity contribution in [3.05, 3.63) is 53.5 Å². The maximum atomic E-state index is 9.04. The Hall–Kier alpha value is -2.41. The van der Waals surface area contributed by atoms with Gasteiger partial charge in [0.25, 0.3) is 0 Å². The van der Waals surface area contributed by atoms with Crippen LogP contribution in [0.4, 0.5) is 5.82 Å². The van der Waals surface area contributed by atoms with Crippen LogP contribution in [0.5, 0.6) is 0 Å². The van der Waals surface area contributed by atoms with E-state index >= 15 is 0 Å². The molecule has 2 aromatic heterocycles. The molecule has 2 aromatic rings. The van der Waals surface area contributed by atoms with E-state index in [9.17, 15) is 0 Å². The lowest BCUT2D eigenvalue weighted by Crippen LogP contribution is -2.23. The summed E-state index contributed by atoms with van der Waals surface area (Å²) in [6.07, 6.45) is 1.78. The Bertz CT molecular complexity index is 601. The van der Waals surface area contributed by atoms with Crippen LogP contribution in [0, 0.1) is 18.3 Å². The van der Waals surface area contributed by atoms with E-state index in [0.29, 0.717) is 5.69 Å². The number of aromatic nitrogens is 2. The van der Waals surface area contributed by atoms with E-state index < -0.39 is 0 Å². The van der Waals surface area contributed by atoms with Crippen molar-refractivity contribution in [3.8, 4) is 6.07 Å². The van der Waals surface area contributed by atoms with Gasteiger partial charge in [0.1, 0.15) is 17.6 Å². The van der Waals surface area contributed by atoms with Crippen molar-refractivity contribution in [2.75, 3.05) is 11.9 Å². The van der Waals surface area contributed by atoms with Crippen LogP contribution < -0.4 is 4.90 Å². The fourth-order valence-electron chi connectivity index (χ4n) is 1.85. The molecule has 0 radical (unpaired) electrons. The summed E-state index contributed by atoms with van der Waals surface area (Å²) in [5.74, 6) is 0.778. The zero-order valence-electron chi connectivity index (χ0n) is 11.3. The van der Waals surface area contributed by atoms with Gasteiger partial charge in [-0.25, -0.2) is 4.98 Å². The lowest BCUT2D eigenvalue weighted by molar-refractivity contribution is 0.704. The van der Waals surface area contributed by atoms with Crippen LogP contribution in [0.1, 0.15) is 29.9 Å². The first kappa shape index (κ1) is 13.0. The number of rotatable bonds is 3. The third kappa shape index (κ3) is 2.71. The van der Waals surface area contributed by atoms with Crippen LogP contribution in [0.2, 0.25) is 0 Å². The standard InChI is InChI=1S/C15H16N4/c1-11-7-8-15(18-14(11)10-16)19(3)12(2)13-6-4-5-9-17-13/h4-9,12H,1-3H3. The first-order chi connectivity index (χ1) is 9.13. The van der Waals surface area contributed by atoms with Crippen molar-refractivity contribution in [2.24, 2.45) is 0 Å². The number of aryl methyl sites for hydroxylation is 1. The van der Waals surface area contributed by atoms with Gasteiger partial charge in [0, 0.05) is 13.2 Å². The van der Waals surface area contributed by atoms with Crippen LogP contribution in [0.25, 0.3) is 0 Å². The maximum absolute atomic E-state index is 9.04. The molecule has 2 rings (SSSR count). The van der Waals surface area contributed by atoms with Crippen LogP contribution in [-0.2, 0) is 0 Å². The molecule has 1 unspecified atom stereocenters. The van der Waals surface area contributed by atoms with Crippen molar-refractivity contribution in [3.63, 3.8) is 0 Å². The molecule has 0 fully saturated rings. The summed E-state index contributed by atoms with van der Waals surface area (Å²) in [5.41, 5.74) is 2.34. The Labute approximate surface area is 113 Å². The highest BCUT2D eigenvalue weighted by Gasteiger charge is 2.15. The Morgan fingerprint density at radius 1 is 1.26 bits per heavy atom. The molecule has 0 aliphatic rings. The van der Waals surface area contributed by atoms with Crippen molar-refractivity contribution < 1.29 is 0 Å². The van der Waals surface area contributed by atoms with Gasteiger partial charge < -0.3 is 4.90 Å². The van der Waals surface area contributed by atoms with E-state index in [0.717, 1.165) is 17.1 Å². The summed E-state index contributed by atoms with van der Waals surface area (Å²) in [7, 11) is 1.96. The third-order valence-electron chi connectivity index (χ3n) is 3.25. The topological polar surface area (TPSA) is 52.8 Å². The van der Waals surface area contributed by atoms with Crippen molar-refractivity contribution in [1.29, 1.82) is 5.26 Å². The second kappa shape index (κ2) is 5.49. The minimum atomic E-state index is 0.1000. The molecule has 0 saturated carbocycles. The molecule has 4 nitrogen and oxygen atoms in total. The Balaban J connectivity index is 2.30. The maximum Gasteiger partial charge on any atom is 0.145 e. The summed E-state index contributed by atoms with van der Waals surface area (Å²) in [6.45, 7) is 3.95.